The molecule has 1 aliphatic rings. The molecule has 60 valence electrons. The topological polar surface area (TPSA) is 3.24 Å². The number of rotatable bonds is 1. The molecule has 1 heterocycles. The first-order valence-electron chi connectivity index (χ1n) is 4.47. The van der Waals surface area contributed by atoms with Crippen LogP contribution in [0.1, 0.15) is 39.5 Å². The highest BCUT2D eigenvalue weighted by atomic mass is 15.2. The number of nitrogens with zero attached hydrogens (tertiary/aromatic N) is 1. The lowest BCUT2D eigenvalue weighted by atomic mass is 9.96. The molecule has 0 aliphatic carbocycles. The Kier molecular flexibility index (Phi) is 2.72. The first kappa shape index (κ1) is 8.06. The highest BCUT2D eigenvalue weighted by molar-refractivity contribution is 4.78. The molecule has 0 aromatic heterocycles. The van der Waals surface area contributed by atoms with Crippen molar-refractivity contribution in [2.45, 2.75) is 51.6 Å². The van der Waals surface area contributed by atoms with E-state index in [0.717, 1.165) is 12.1 Å². The van der Waals surface area contributed by atoms with Gasteiger partial charge in [0.25, 0.3) is 0 Å². The summed E-state index contributed by atoms with van der Waals surface area (Å²) < 4.78 is 0. The second-order valence-corrected chi connectivity index (χ2v) is 3.51. The predicted molar refractivity (Wildman–Crippen MR) is 45.2 cm³/mol. The van der Waals surface area contributed by atoms with E-state index in [-0.39, 0.29) is 0 Å². The third-order valence-corrected chi connectivity index (χ3v) is 2.90. The van der Waals surface area contributed by atoms with Crippen molar-refractivity contribution >= 4 is 0 Å². The summed E-state index contributed by atoms with van der Waals surface area (Å²) in [7, 11) is 2.26. The fourth-order valence-corrected chi connectivity index (χ4v) is 1.91. The van der Waals surface area contributed by atoms with Crippen molar-refractivity contribution in [3.05, 3.63) is 0 Å². The van der Waals surface area contributed by atoms with E-state index in [1.807, 2.05) is 0 Å². The molecule has 0 unspecified atom stereocenters. The van der Waals surface area contributed by atoms with Gasteiger partial charge in [-0.2, -0.15) is 0 Å². The Bertz CT molecular complexity index is 101. The maximum absolute atomic E-state index is 2.53. The molecule has 2 atom stereocenters. The minimum absolute atomic E-state index is 0.818. The lowest BCUT2D eigenvalue weighted by Crippen LogP contribution is -2.41. The van der Waals surface area contributed by atoms with Crippen LogP contribution in [0.4, 0.5) is 0 Å². The Hall–Kier alpha value is -0.0400. The quantitative estimate of drug-likeness (QED) is 0.541. The number of hydrogen-bond acceptors (Lipinski definition) is 1. The molecule has 0 aromatic carbocycles. The van der Waals surface area contributed by atoms with Crippen molar-refractivity contribution in [2.75, 3.05) is 7.05 Å². The van der Waals surface area contributed by atoms with Gasteiger partial charge in [-0.1, -0.05) is 13.3 Å². The maximum Gasteiger partial charge on any atom is 0.00924 e. The molecule has 0 amide bonds. The molecule has 0 aromatic rings. The second-order valence-electron chi connectivity index (χ2n) is 3.51. The summed E-state index contributed by atoms with van der Waals surface area (Å²) in [6.45, 7) is 4.63. The monoisotopic (exact) mass is 141 g/mol. The van der Waals surface area contributed by atoms with Crippen LogP contribution in [0.5, 0.6) is 0 Å². The van der Waals surface area contributed by atoms with Gasteiger partial charge < -0.3 is 4.90 Å². The Morgan fingerprint density at radius 1 is 1.40 bits per heavy atom. The number of likely N-dealkylation sites (tertiary alicyclic amines) is 1. The van der Waals surface area contributed by atoms with E-state index in [2.05, 4.69) is 25.8 Å². The molecule has 1 heteroatoms. The van der Waals surface area contributed by atoms with E-state index in [4.69, 9.17) is 0 Å². The van der Waals surface area contributed by atoms with E-state index in [0.29, 0.717) is 0 Å². The van der Waals surface area contributed by atoms with Crippen molar-refractivity contribution in [3.8, 4) is 0 Å². The third-order valence-electron chi connectivity index (χ3n) is 2.90. The van der Waals surface area contributed by atoms with Gasteiger partial charge in [0.1, 0.15) is 0 Å². The van der Waals surface area contributed by atoms with E-state index < -0.39 is 0 Å². The van der Waals surface area contributed by atoms with Gasteiger partial charge in [-0.15, -0.1) is 0 Å². The van der Waals surface area contributed by atoms with Gasteiger partial charge in [-0.25, -0.2) is 0 Å². The minimum atomic E-state index is 0.818. The number of hydrogen-bond donors (Lipinski definition) is 0. The lowest BCUT2D eigenvalue weighted by Gasteiger charge is -2.37. The first-order valence-corrected chi connectivity index (χ1v) is 4.47. The van der Waals surface area contributed by atoms with Gasteiger partial charge in [-0.05, 0) is 33.2 Å². The van der Waals surface area contributed by atoms with Crippen molar-refractivity contribution in [1.29, 1.82) is 0 Å². The highest BCUT2D eigenvalue weighted by Crippen LogP contribution is 2.22. The van der Waals surface area contributed by atoms with Crippen LogP contribution in [0, 0.1) is 0 Å². The van der Waals surface area contributed by atoms with Crippen LogP contribution in [0.3, 0.4) is 0 Å². The molecule has 0 saturated carbocycles. The molecule has 0 spiro atoms. The largest absolute Gasteiger partial charge is 0.301 e. The molecule has 1 saturated heterocycles. The van der Waals surface area contributed by atoms with Crippen LogP contribution in [0.2, 0.25) is 0 Å². The summed E-state index contributed by atoms with van der Waals surface area (Å²) in [6, 6.07) is 1.68. The summed E-state index contributed by atoms with van der Waals surface area (Å²) in [5.41, 5.74) is 0. The van der Waals surface area contributed by atoms with E-state index in [1.165, 1.54) is 25.7 Å². The normalized spacial score (nSPS) is 36.3. The molecule has 1 nitrogen and oxygen atoms in total. The Labute approximate surface area is 64.4 Å². The maximum atomic E-state index is 2.53. The molecule has 1 rings (SSSR count). The summed E-state index contributed by atoms with van der Waals surface area (Å²) in [5.74, 6) is 0. The Balaban J connectivity index is 2.42. The average molecular weight is 141 g/mol. The van der Waals surface area contributed by atoms with Crippen molar-refractivity contribution in [3.63, 3.8) is 0 Å². The average Bonchev–Trinajstić information content (AvgIpc) is 1.95. The van der Waals surface area contributed by atoms with Gasteiger partial charge in [0.15, 0.2) is 0 Å². The molecule has 0 N–H and O–H groups in total. The lowest BCUT2D eigenvalue weighted by molar-refractivity contribution is 0.123. The SMILES string of the molecule is CC[C@@H]1CCC[C@@H](C)N1C. The van der Waals surface area contributed by atoms with Crippen LogP contribution in [0.15, 0.2) is 0 Å². The first-order chi connectivity index (χ1) is 4.75. The molecule has 1 aliphatic heterocycles. The van der Waals surface area contributed by atoms with E-state index in [9.17, 15) is 0 Å². The van der Waals surface area contributed by atoms with Gasteiger partial charge in [0, 0.05) is 12.1 Å². The zero-order valence-electron chi connectivity index (χ0n) is 7.43. The summed E-state index contributed by atoms with van der Waals surface area (Å²) in [5, 5.41) is 0. The molecule has 0 radical (unpaired) electrons. The van der Waals surface area contributed by atoms with Crippen LogP contribution in [-0.4, -0.2) is 24.0 Å². The Morgan fingerprint density at radius 2 is 2.10 bits per heavy atom. The molecular formula is C9H19N. The van der Waals surface area contributed by atoms with Crippen molar-refractivity contribution in [1.82, 2.24) is 4.90 Å². The highest BCUT2D eigenvalue weighted by Gasteiger charge is 2.22. The summed E-state index contributed by atoms with van der Waals surface area (Å²) in [6.07, 6.45) is 5.56. The van der Waals surface area contributed by atoms with Gasteiger partial charge >= 0.3 is 0 Å². The zero-order valence-corrected chi connectivity index (χ0v) is 7.43. The molecular weight excluding hydrogens is 122 g/mol. The zero-order chi connectivity index (χ0) is 7.56. The van der Waals surface area contributed by atoms with E-state index >= 15 is 0 Å². The molecule has 10 heavy (non-hydrogen) atoms. The van der Waals surface area contributed by atoms with Gasteiger partial charge in [0.2, 0.25) is 0 Å². The van der Waals surface area contributed by atoms with Crippen molar-refractivity contribution < 1.29 is 0 Å². The van der Waals surface area contributed by atoms with Crippen LogP contribution in [-0.2, 0) is 0 Å². The van der Waals surface area contributed by atoms with Gasteiger partial charge in [0.05, 0.1) is 0 Å². The second kappa shape index (κ2) is 3.38. The van der Waals surface area contributed by atoms with E-state index in [1.54, 1.807) is 0 Å². The molecule has 0 bridgehead atoms. The van der Waals surface area contributed by atoms with Gasteiger partial charge in [-0.3, -0.25) is 0 Å². The standard InChI is InChI=1S/C9H19N/c1-4-9-7-5-6-8(2)10(9)3/h8-9H,4-7H2,1-3H3/t8-,9-/m1/s1. The minimum Gasteiger partial charge on any atom is -0.301 e. The van der Waals surface area contributed by atoms with Crippen LogP contribution < -0.4 is 0 Å². The third kappa shape index (κ3) is 1.51. The fraction of sp³-hybridized carbons (Fsp3) is 1.00. The summed E-state index contributed by atoms with van der Waals surface area (Å²) >= 11 is 0. The smallest absolute Gasteiger partial charge is 0.00924 e. The number of piperidine rings is 1. The molecule has 1 fully saturated rings. The Morgan fingerprint density at radius 3 is 2.60 bits per heavy atom. The van der Waals surface area contributed by atoms with Crippen molar-refractivity contribution in [2.24, 2.45) is 0 Å². The summed E-state index contributed by atoms with van der Waals surface area (Å²) in [4.78, 5) is 2.53. The predicted octanol–water partition coefficient (Wildman–Crippen LogP) is 2.27. The fourth-order valence-electron chi connectivity index (χ4n) is 1.91. The van der Waals surface area contributed by atoms with Crippen LogP contribution >= 0.6 is 0 Å². The van der Waals surface area contributed by atoms with Crippen LogP contribution in [0.25, 0.3) is 0 Å².